The molecule has 1 saturated carbocycles. The molecule has 4 rings (SSSR count). The van der Waals surface area contributed by atoms with E-state index in [-0.39, 0.29) is 5.91 Å². The number of pyridine rings is 1. The number of piperidine rings is 1. The molecule has 2 aliphatic rings. The van der Waals surface area contributed by atoms with Crippen molar-refractivity contribution in [3.05, 3.63) is 35.8 Å². The predicted molar refractivity (Wildman–Crippen MR) is 103 cm³/mol. The molecule has 1 N–H and O–H groups in total. The molecule has 0 spiro atoms. The van der Waals surface area contributed by atoms with Crippen LogP contribution in [0.4, 0.5) is 0 Å². The first-order chi connectivity index (χ1) is 12.7. The highest BCUT2D eigenvalue weighted by molar-refractivity contribution is 5.76. The molecule has 140 valence electrons. The number of nitrogens with one attached hydrogen (secondary N) is 1. The number of aromatic nitrogens is 2. The lowest BCUT2D eigenvalue weighted by Crippen LogP contribution is -2.44. The Balaban J connectivity index is 1.26. The Morgan fingerprint density at radius 3 is 2.73 bits per heavy atom. The van der Waals surface area contributed by atoms with Crippen LogP contribution in [0.5, 0.6) is 0 Å². The minimum Gasteiger partial charge on any atom is -0.353 e. The summed E-state index contributed by atoms with van der Waals surface area (Å²) in [5.74, 6) is 0.904. The van der Waals surface area contributed by atoms with Gasteiger partial charge in [-0.05, 0) is 50.2 Å². The van der Waals surface area contributed by atoms with Gasteiger partial charge in [-0.15, -0.1) is 0 Å². The number of carbonyl (C=O) groups is 1. The Morgan fingerprint density at radius 2 is 1.96 bits per heavy atom. The van der Waals surface area contributed by atoms with Gasteiger partial charge in [0, 0.05) is 38.3 Å². The fourth-order valence-electron chi connectivity index (χ4n) is 4.48. The number of likely N-dealkylation sites (tertiary alicyclic amines) is 1. The fraction of sp³-hybridized carbons (Fsp3) is 0.619. The van der Waals surface area contributed by atoms with Crippen LogP contribution in [0.3, 0.4) is 0 Å². The van der Waals surface area contributed by atoms with Gasteiger partial charge in [-0.1, -0.05) is 18.9 Å². The number of carbonyl (C=O) groups excluding carboxylic acids is 1. The highest BCUT2D eigenvalue weighted by Gasteiger charge is 2.23. The monoisotopic (exact) mass is 354 g/mol. The van der Waals surface area contributed by atoms with Crippen LogP contribution in [-0.2, 0) is 11.3 Å². The minimum atomic E-state index is 0.271. The average molecular weight is 354 g/mol. The van der Waals surface area contributed by atoms with Gasteiger partial charge in [0.15, 0.2) is 0 Å². The highest BCUT2D eigenvalue weighted by atomic mass is 16.1. The minimum absolute atomic E-state index is 0.271. The topological polar surface area (TPSA) is 49.6 Å². The van der Waals surface area contributed by atoms with Gasteiger partial charge in [0.1, 0.15) is 5.65 Å². The lowest BCUT2D eigenvalue weighted by molar-refractivity contribution is -0.123. The Morgan fingerprint density at radius 1 is 1.19 bits per heavy atom. The van der Waals surface area contributed by atoms with Gasteiger partial charge in [-0.2, -0.15) is 0 Å². The first-order valence-corrected chi connectivity index (χ1v) is 10.1. The summed E-state index contributed by atoms with van der Waals surface area (Å²) in [6, 6.07) is 4.53. The number of hydrogen-bond acceptors (Lipinski definition) is 3. The Kier molecular flexibility index (Phi) is 5.25. The number of imidazole rings is 1. The van der Waals surface area contributed by atoms with Gasteiger partial charge in [0.05, 0.1) is 11.9 Å². The van der Waals surface area contributed by atoms with E-state index >= 15 is 0 Å². The molecule has 0 radical (unpaired) electrons. The highest BCUT2D eigenvalue weighted by Crippen LogP contribution is 2.27. The zero-order valence-corrected chi connectivity index (χ0v) is 15.8. The van der Waals surface area contributed by atoms with Crippen molar-refractivity contribution in [2.45, 2.75) is 64.5 Å². The van der Waals surface area contributed by atoms with E-state index in [9.17, 15) is 4.79 Å². The maximum Gasteiger partial charge on any atom is 0.220 e. The Labute approximate surface area is 155 Å². The first kappa shape index (κ1) is 17.5. The van der Waals surface area contributed by atoms with Crippen LogP contribution in [-0.4, -0.2) is 39.3 Å². The lowest BCUT2D eigenvalue weighted by Gasteiger charge is -2.32. The van der Waals surface area contributed by atoms with E-state index in [0.29, 0.717) is 12.0 Å². The molecule has 5 heteroatoms. The first-order valence-electron chi connectivity index (χ1n) is 10.1. The van der Waals surface area contributed by atoms with Crippen molar-refractivity contribution >= 4 is 11.6 Å². The molecule has 2 fully saturated rings. The van der Waals surface area contributed by atoms with Crippen molar-refractivity contribution in [1.29, 1.82) is 0 Å². The molecular weight excluding hydrogens is 324 g/mol. The Hall–Kier alpha value is -1.88. The molecule has 2 aromatic rings. The van der Waals surface area contributed by atoms with Crippen LogP contribution >= 0.6 is 0 Å². The van der Waals surface area contributed by atoms with Crippen molar-refractivity contribution < 1.29 is 4.79 Å². The fourth-order valence-corrected chi connectivity index (χ4v) is 4.48. The van der Waals surface area contributed by atoms with Crippen molar-refractivity contribution in [3.63, 3.8) is 0 Å². The van der Waals surface area contributed by atoms with Gasteiger partial charge in [-0.25, -0.2) is 4.98 Å². The molecule has 1 aliphatic heterocycles. The molecule has 5 nitrogen and oxygen atoms in total. The van der Waals surface area contributed by atoms with E-state index in [1.165, 1.54) is 36.9 Å². The van der Waals surface area contributed by atoms with Crippen LogP contribution < -0.4 is 5.32 Å². The molecule has 2 aromatic heterocycles. The van der Waals surface area contributed by atoms with E-state index < -0.39 is 0 Å². The van der Waals surface area contributed by atoms with Crippen molar-refractivity contribution in [2.24, 2.45) is 5.92 Å². The smallest absolute Gasteiger partial charge is 0.220 e. The molecular formula is C21H30N4O. The largest absolute Gasteiger partial charge is 0.353 e. The van der Waals surface area contributed by atoms with Crippen LogP contribution in [0.15, 0.2) is 24.5 Å². The SMILES string of the molecule is Cc1ccc2ncc(CN3CCC(NC(=O)CC4CCCC4)CC3)n2c1. The number of fused-ring (bicyclic) bond motifs is 1. The number of hydrogen-bond donors (Lipinski definition) is 1. The van der Waals surface area contributed by atoms with Crippen LogP contribution in [0.1, 0.15) is 56.2 Å². The van der Waals surface area contributed by atoms with Gasteiger partial charge in [-0.3, -0.25) is 9.69 Å². The summed E-state index contributed by atoms with van der Waals surface area (Å²) in [6.45, 7) is 5.11. The second-order valence-electron chi connectivity index (χ2n) is 8.16. The summed E-state index contributed by atoms with van der Waals surface area (Å²) in [6.07, 6.45) is 12.1. The van der Waals surface area contributed by atoms with E-state index in [4.69, 9.17) is 0 Å². The lowest BCUT2D eigenvalue weighted by atomic mass is 10.0. The molecule has 0 unspecified atom stereocenters. The maximum atomic E-state index is 12.2. The maximum absolute atomic E-state index is 12.2. The molecule has 0 bridgehead atoms. The molecule has 1 saturated heterocycles. The van der Waals surface area contributed by atoms with E-state index in [1.807, 2.05) is 6.20 Å². The van der Waals surface area contributed by atoms with Gasteiger partial charge >= 0.3 is 0 Å². The summed E-state index contributed by atoms with van der Waals surface area (Å²) in [5, 5.41) is 3.28. The summed E-state index contributed by atoms with van der Waals surface area (Å²) >= 11 is 0. The summed E-state index contributed by atoms with van der Waals surface area (Å²) < 4.78 is 2.20. The molecule has 1 aliphatic carbocycles. The molecule has 0 aromatic carbocycles. The zero-order valence-electron chi connectivity index (χ0n) is 15.8. The predicted octanol–water partition coefficient (Wildman–Crippen LogP) is 3.30. The van der Waals surface area contributed by atoms with E-state index in [0.717, 1.165) is 44.5 Å². The summed E-state index contributed by atoms with van der Waals surface area (Å²) in [7, 11) is 0. The number of rotatable bonds is 5. The van der Waals surface area contributed by atoms with Crippen molar-refractivity contribution in [1.82, 2.24) is 19.6 Å². The normalized spacial score (nSPS) is 20.0. The molecule has 0 atom stereocenters. The van der Waals surface area contributed by atoms with E-state index in [1.54, 1.807) is 0 Å². The quantitative estimate of drug-likeness (QED) is 0.896. The average Bonchev–Trinajstić information content (AvgIpc) is 3.27. The van der Waals surface area contributed by atoms with Gasteiger partial charge < -0.3 is 9.72 Å². The third-order valence-electron chi connectivity index (χ3n) is 6.02. The third kappa shape index (κ3) is 4.09. The van der Waals surface area contributed by atoms with Crippen LogP contribution in [0, 0.1) is 12.8 Å². The second kappa shape index (κ2) is 7.78. The van der Waals surface area contributed by atoms with Gasteiger partial charge in [0.2, 0.25) is 5.91 Å². The second-order valence-corrected chi connectivity index (χ2v) is 8.16. The molecule has 1 amide bonds. The third-order valence-corrected chi connectivity index (χ3v) is 6.02. The molecule has 3 heterocycles. The van der Waals surface area contributed by atoms with Crippen molar-refractivity contribution in [3.8, 4) is 0 Å². The Bertz CT molecular complexity index is 754. The molecule has 26 heavy (non-hydrogen) atoms. The number of nitrogens with zero attached hydrogens (tertiary/aromatic N) is 3. The summed E-state index contributed by atoms with van der Waals surface area (Å²) in [5.41, 5.74) is 3.51. The van der Waals surface area contributed by atoms with Crippen LogP contribution in [0.2, 0.25) is 0 Å². The van der Waals surface area contributed by atoms with Gasteiger partial charge in [0.25, 0.3) is 0 Å². The number of amides is 1. The number of aryl methyl sites for hydroxylation is 1. The summed E-state index contributed by atoms with van der Waals surface area (Å²) in [4.78, 5) is 19.2. The van der Waals surface area contributed by atoms with Crippen LogP contribution in [0.25, 0.3) is 5.65 Å². The zero-order chi connectivity index (χ0) is 17.9. The standard InChI is InChI=1S/C21H30N4O/c1-16-6-7-20-22-13-19(25(20)14-16)15-24-10-8-18(9-11-24)23-21(26)12-17-4-2-3-5-17/h6-7,13-14,17-18H,2-5,8-12,15H2,1H3,(H,23,26). The van der Waals surface area contributed by atoms with Crippen molar-refractivity contribution in [2.75, 3.05) is 13.1 Å². The van der Waals surface area contributed by atoms with E-state index in [2.05, 4.69) is 44.9 Å².